The van der Waals surface area contributed by atoms with E-state index in [1.807, 2.05) is 13.0 Å². The number of benzene rings is 1. The van der Waals surface area contributed by atoms with Crippen LogP contribution in [0.4, 0.5) is 0 Å². The molecule has 0 aliphatic carbocycles. The maximum absolute atomic E-state index is 12.0. The first-order valence-corrected chi connectivity index (χ1v) is 8.11. The Hall–Kier alpha value is -2.05. The molecule has 7 heteroatoms. The number of carboxylic acid groups (broad SMARTS) is 1. The van der Waals surface area contributed by atoms with Crippen LogP contribution in [0, 0.1) is 0 Å². The zero-order chi connectivity index (χ0) is 16.8. The molecule has 1 heterocycles. The first-order valence-electron chi connectivity index (χ1n) is 6.92. The Kier molecular flexibility index (Phi) is 6.01. The molecular formula is C16H16ClNO4S. The average Bonchev–Trinajstić information content (AvgIpc) is 2.90. The third-order valence-corrected chi connectivity index (χ3v) is 4.31. The smallest absolute Gasteiger partial charge is 0.341 e. The second kappa shape index (κ2) is 7.99. The zero-order valence-electron chi connectivity index (χ0n) is 12.4. The van der Waals surface area contributed by atoms with Crippen LogP contribution in [0.25, 0.3) is 0 Å². The first-order chi connectivity index (χ1) is 10.9. The van der Waals surface area contributed by atoms with Gasteiger partial charge in [0.05, 0.1) is 16.8 Å². The molecule has 2 N–H and O–H groups in total. The molecule has 2 aromatic rings. The number of ether oxygens (including phenoxy) is 1. The van der Waals surface area contributed by atoms with Crippen molar-refractivity contribution in [3.8, 4) is 5.75 Å². The van der Waals surface area contributed by atoms with E-state index < -0.39 is 5.97 Å². The van der Waals surface area contributed by atoms with Gasteiger partial charge in [0.15, 0.2) is 6.61 Å². The largest absolute Gasteiger partial charge is 0.482 e. The van der Waals surface area contributed by atoms with E-state index in [1.165, 1.54) is 11.3 Å². The summed E-state index contributed by atoms with van der Waals surface area (Å²) in [5.74, 6) is -0.631. The van der Waals surface area contributed by atoms with Crippen LogP contribution in [0.3, 0.4) is 0 Å². The van der Waals surface area contributed by atoms with Crippen LogP contribution in [-0.4, -0.2) is 23.6 Å². The number of thiophene rings is 1. The number of amides is 1. The van der Waals surface area contributed by atoms with Crippen LogP contribution in [0.15, 0.2) is 36.4 Å². The third kappa shape index (κ3) is 5.58. The molecule has 0 aliphatic heterocycles. The standard InChI is InChI=1S/C16H16ClNO4S/c1-10(18-15(19)8-13-6-7-14(17)23-13)11-2-4-12(5-3-11)22-9-16(20)21/h2-7,10H,8-9H2,1H3,(H,18,19)(H,20,21). The van der Waals surface area contributed by atoms with E-state index in [9.17, 15) is 9.59 Å². The first kappa shape index (κ1) is 17.3. The lowest BCUT2D eigenvalue weighted by Crippen LogP contribution is -2.27. The second-order valence-electron chi connectivity index (χ2n) is 4.92. The third-order valence-electron chi connectivity index (χ3n) is 3.08. The Morgan fingerprint density at radius 3 is 2.52 bits per heavy atom. The van der Waals surface area contributed by atoms with Gasteiger partial charge in [0.1, 0.15) is 5.75 Å². The molecule has 1 aromatic carbocycles. The highest BCUT2D eigenvalue weighted by Crippen LogP contribution is 2.22. The van der Waals surface area contributed by atoms with Gasteiger partial charge in [0.25, 0.3) is 0 Å². The minimum Gasteiger partial charge on any atom is -0.482 e. The number of nitrogens with one attached hydrogen (secondary N) is 1. The van der Waals surface area contributed by atoms with E-state index in [4.69, 9.17) is 21.4 Å². The van der Waals surface area contributed by atoms with E-state index in [2.05, 4.69) is 5.32 Å². The molecule has 122 valence electrons. The van der Waals surface area contributed by atoms with Crippen molar-refractivity contribution in [1.82, 2.24) is 5.32 Å². The summed E-state index contributed by atoms with van der Waals surface area (Å²) in [4.78, 5) is 23.4. The van der Waals surface area contributed by atoms with Gasteiger partial charge in [-0.25, -0.2) is 4.79 Å². The maximum atomic E-state index is 12.0. The summed E-state index contributed by atoms with van der Waals surface area (Å²) in [6, 6.07) is 10.4. The zero-order valence-corrected chi connectivity index (χ0v) is 14.0. The molecule has 0 saturated carbocycles. The molecule has 1 aromatic heterocycles. The monoisotopic (exact) mass is 353 g/mol. The summed E-state index contributed by atoms with van der Waals surface area (Å²) < 4.78 is 5.73. The van der Waals surface area contributed by atoms with Crippen LogP contribution < -0.4 is 10.1 Å². The summed E-state index contributed by atoms with van der Waals surface area (Å²) in [5, 5.41) is 11.5. The molecule has 0 saturated heterocycles. The van der Waals surface area contributed by atoms with Crippen molar-refractivity contribution < 1.29 is 19.4 Å². The van der Waals surface area contributed by atoms with Gasteiger partial charge >= 0.3 is 5.97 Å². The number of hydrogen-bond donors (Lipinski definition) is 2. The van der Waals surface area contributed by atoms with E-state index in [1.54, 1.807) is 30.3 Å². The number of carboxylic acids is 1. The van der Waals surface area contributed by atoms with E-state index in [0.717, 1.165) is 10.4 Å². The number of carbonyl (C=O) groups is 2. The van der Waals surface area contributed by atoms with Gasteiger partial charge in [-0.2, -0.15) is 0 Å². The van der Waals surface area contributed by atoms with Gasteiger partial charge in [-0.1, -0.05) is 23.7 Å². The highest BCUT2D eigenvalue weighted by Gasteiger charge is 2.11. The van der Waals surface area contributed by atoms with Gasteiger partial charge in [-0.15, -0.1) is 11.3 Å². The number of hydrogen-bond acceptors (Lipinski definition) is 4. The normalized spacial score (nSPS) is 11.7. The van der Waals surface area contributed by atoms with Gasteiger partial charge in [0.2, 0.25) is 5.91 Å². The Morgan fingerprint density at radius 2 is 1.96 bits per heavy atom. The molecule has 1 unspecified atom stereocenters. The van der Waals surface area contributed by atoms with E-state index >= 15 is 0 Å². The summed E-state index contributed by atoms with van der Waals surface area (Å²) in [5.41, 5.74) is 0.908. The lowest BCUT2D eigenvalue weighted by molar-refractivity contribution is -0.139. The van der Waals surface area contributed by atoms with Crippen molar-refractivity contribution in [2.45, 2.75) is 19.4 Å². The van der Waals surface area contributed by atoms with Crippen molar-refractivity contribution in [3.63, 3.8) is 0 Å². The lowest BCUT2D eigenvalue weighted by atomic mass is 10.1. The molecule has 0 spiro atoms. The quantitative estimate of drug-likeness (QED) is 0.801. The fourth-order valence-corrected chi connectivity index (χ4v) is 3.06. The van der Waals surface area contributed by atoms with Crippen molar-refractivity contribution in [1.29, 1.82) is 0 Å². The molecule has 0 aliphatic rings. The maximum Gasteiger partial charge on any atom is 0.341 e. The topological polar surface area (TPSA) is 75.6 Å². The van der Waals surface area contributed by atoms with Gasteiger partial charge in [0, 0.05) is 4.88 Å². The Bertz CT molecular complexity index is 684. The highest BCUT2D eigenvalue weighted by atomic mass is 35.5. The summed E-state index contributed by atoms with van der Waals surface area (Å²) >= 11 is 7.23. The summed E-state index contributed by atoms with van der Waals surface area (Å²) in [6.45, 7) is 1.50. The van der Waals surface area contributed by atoms with Crippen molar-refractivity contribution >= 4 is 34.8 Å². The molecule has 1 amide bonds. The second-order valence-corrected chi connectivity index (χ2v) is 6.72. The predicted molar refractivity (Wildman–Crippen MR) is 89.2 cm³/mol. The molecule has 1 atom stereocenters. The van der Waals surface area contributed by atoms with Crippen LogP contribution in [0.1, 0.15) is 23.4 Å². The van der Waals surface area contributed by atoms with Crippen LogP contribution in [-0.2, 0) is 16.0 Å². The summed E-state index contributed by atoms with van der Waals surface area (Å²) in [6.07, 6.45) is 0.293. The summed E-state index contributed by atoms with van der Waals surface area (Å²) in [7, 11) is 0. The minimum absolute atomic E-state index is 0.0813. The number of halogens is 1. The van der Waals surface area contributed by atoms with Crippen LogP contribution in [0.5, 0.6) is 5.75 Å². The molecule has 0 fully saturated rings. The molecule has 0 bridgehead atoms. The molecule has 5 nitrogen and oxygen atoms in total. The fourth-order valence-electron chi connectivity index (χ4n) is 1.98. The van der Waals surface area contributed by atoms with Crippen molar-refractivity contribution in [3.05, 3.63) is 51.2 Å². The average molecular weight is 354 g/mol. The SMILES string of the molecule is CC(NC(=O)Cc1ccc(Cl)s1)c1ccc(OCC(=O)O)cc1. The number of rotatable bonds is 7. The molecule has 23 heavy (non-hydrogen) atoms. The van der Waals surface area contributed by atoms with Crippen molar-refractivity contribution in [2.75, 3.05) is 6.61 Å². The Labute approximate surface area is 142 Å². The van der Waals surface area contributed by atoms with Gasteiger partial charge in [-0.05, 0) is 36.8 Å². The molecular weight excluding hydrogens is 338 g/mol. The predicted octanol–water partition coefficient (Wildman–Crippen LogP) is 3.28. The van der Waals surface area contributed by atoms with Gasteiger partial charge in [-0.3, -0.25) is 4.79 Å². The number of carbonyl (C=O) groups excluding carboxylic acids is 1. The Balaban J connectivity index is 1.88. The fraction of sp³-hybridized carbons (Fsp3) is 0.250. The highest BCUT2D eigenvalue weighted by molar-refractivity contribution is 7.16. The number of aliphatic carboxylic acids is 1. The Morgan fingerprint density at radius 1 is 1.26 bits per heavy atom. The molecule has 0 radical (unpaired) electrons. The molecule has 2 rings (SSSR count). The van der Waals surface area contributed by atoms with E-state index in [0.29, 0.717) is 16.5 Å². The van der Waals surface area contributed by atoms with Crippen LogP contribution >= 0.6 is 22.9 Å². The van der Waals surface area contributed by atoms with Crippen LogP contribution in [0.2, 0.25) is 4.34 Å². The minimum atomic E-state index is -1.02. The van der Waals surface area contributed by atoms with Crippen molar-refractivity contribution in [2.24, 2.45) is 0 Å². The lowest BCUT2D eigenvalue weighted by Gasteiger charge is -2.14. The van der Waals surface area contributed by atoms with E-state index in [-0.39, 0.29) is 18.6 Å². The van der Waals surface area contributed by atoms with Gasteiger partial charge < -0.3 is 15.2 Å².